The van der Waals surface area contributed by atoms with Gasteiger partial charge < -0.3 is 9.72 Å². The summed E-state index contributed by atoms with van der Waals surface area (Å²) in [5, 5.41) is 1.42. The number of carbonyl (C=O) groups excluding carboxylic acids is 1. The SMILES string of the molecule is COc1cc(Cl)c2[nH]c(C=O)cc2c1. The van der Waals surface area contributed by atoms with Crippen LogP contribution in [0.1, 0.15) is 10.5 Å². The van der Waals surface area contributed by atoms with Crippen molar-refractivity contribution in [2.75, 3.05) is 7.11 Å². The van der Waals surface area contributed by atoms with E-state index in [1.807, 2.05) is 6.07 Å². The summed E-state index contributed by atoms with van der Waals surface area (Å²) in [5.74, 6) is 0.680. The molecule has 2 rings (SSSR count). The first-order valence-electron chi connectivity index (χ1n) is 4.06. The van der Waals surface area contributed by atoms with E-state index in [0.29, 0.717) is 16.5 Å². The van der Waals surface area contributed by atoms with E-state index in [1.165, 1.54) is 0 Å². The first-order chi connectivity index (χ1) is 6.74. The molecule has 0 fully saturated rings. The number of ether oxygens (including phenoxy) is 1. The number of halogens is 1. The second kappa shape index (κ2) is 3.35. The highest BCUT2D eigenvalue weighted by atomic mass is 35.5. The molecular weight excluding hydrogens is 202 g/mol. The number of benzene rings is 1. The molecule has 0 radical (unpaired) electrons. The number of aromatic nitrogens is 1. The van der Waals surface area contributed by atoms with Crippen molar-refractivity contribution in [3.63, 3.8) is 0 Å². The Morgan fingerprint density at radius 2 is 2.21 bits per heavy atom. The summed E-state index contributed by atoms with van der Waals surface area (Å²) < 4.78 is 5.06. The van der Waals surface area contributed by atoms with E-state index in [-0.39, 0.29) is 0 Å². The average molecular weight is 210 g/mol. The molecule has 0 aliphatic heterocycles. The molecule has 2 aromatic rings. The van der Waals surface area contributed by atoms with Gasteiger partial charge in [-0.15, -0.1) is 0 Å². The van der Waals surface area contributed by atoms with Gasteiger partial charge in [-0.1, -0.05) is 11.6 Å². The van der Waals surface area contributed by atoms with Crippen LogP contribution in [0, 0.1) is 0 Å². The van der Waals surface area contributed by atoms with Gasteiger partial charge in [0.15, 0.2) is 6.29 Å². The lowest BCUT2D eigenvalue weighted by Gasteiger charge is -2.00. The Morgan fingerprint density at radius 1 is 1.43 bits per heavy atom. The third-order valence-electron chi connectivity index (χ3n) is 2.04. The predicted octanol–water partition coefficient (Wildman–Crippen LogP) is 2.64. The Bertz CT molecular complexity index is 490. The predicted molar refractivity (Wildman–Crippen MR) is 55.2 cm³/mol. The molecule has 4 heteroatoms. The molecule has 0 amide bonds. The zero-order valence-corrected chi connectivity index (χ0v) is 8.26. The van der Waals surface area contributed by atoms with E-state index >= 15 is 0 Å². The lowest BCUT2D eigenvalue weighted by atomic mass is 10.2. The molecule has 72 valence electrons. The number of nitrogens with one attached hydrogen (secondary N) is 1. The molecule has 0 saturated carbocycles. The third-order valence-corrected chi connectivity index (χ3v) is 2.34. The second-order valence-corrected chi connectivity index (χ2v) is 3.32. The van der Waals surface area contributed by atoms with Gasteiger partial charge >= 0.3 is 0 Å². The van der Waals surface area contributed by atoms with E-state index in [1.54, 1.807) is 19.2 Å². The highest BCUT2D eigenvalue weighted by Gasteiger charge is 2.06. The van der Waals surface area contributed by atoms with Crippen molar-refractivity contribution in [2.45, 2.75) is 0 Å². The van der Waals surface area contributed by atoms with Gasteiger partial charge in [-0.05, 0) is 12.1 Å². The van der Waals surface area contributed by atoms with E-state index in [4.69, 9.17) is 16.3 Å². The molecule has 0 spiro atoms. The van der Waals surface area contributed by atoms with Gasteiger partial charge in [0.2, 0.25) is 0 Å². The normalized spacial score (nSPS) is 10.4. The van der Waals surface area contributed by atoms with E-state index in [0.717, 1.165) is 17.2 Å². The topological polar surface area (TPSA) is 42.1 Å². The zero-order chi connectivity index (χ0) is 10.1. The molecule has 0 unspecified atom stereocenters. The Hall–Kier alpha value is -1.48. The van der Waals surface area contributed by atoms with Gasteiger partial charge in [0.05, 0.1) is 23.3 Å². The fraction of sp³-hybridized carbons (Fsp3) is 0.100. The van der Waals surface area contributed by atoms with Crippen LogP contribution in [0.4, 0.5) is 0 Å². The summed E-state index contributed by atoms with van der Waals surface area (Å²) >= 11 is 5.98. The van der Waals surface area contributed by atoms with Gasteiger partial charge in [0.1, 0.15) is 5.75 Å². The summed E-state index contributed by atoms with van der Waals surface area (Å²) in [7, 11) is 1.57. The van der Waals surface area contributed by atoms with Crippen molar-refractivity contribution in [2.24, 2.45) is 0 Å². The average Bonchev–Trinajstić information content (AvgIpc) is 2.61. The fourth-order valence-corrected chi connectivity index (χ4v) is 1.64. The summed E-state index contributed by atoms with van der Waals surface area (Å²) in [4.78, 5) is 13.4. The molecule has 14 heavy (non-hydrogen) atoms. The highest BCUT2D eigenvalue weighted by Crippen LogP contribution is 2.28. The van der Waals surface area contributed by atoms with E-state index in [2.05, 4.69) is 4.98 Å². The van der Waals surface area contributed by atoms with Gasteiger partial charge in [-0.25, -0.2) is 0 Å². The Kier molecular flexibility index (Phi) is 2.17. The summed E-state index contributed by atoms with van der Waals surface area (Å²) in [6.45, 7) is 0. The summed E-state index contributed by atoms with van der Waals surface area (Å²) in [5.41, 5.74) is 1.27. The van der Waals surface area contributed by atoms with Crippen LogP contribution in [0.2, 0.25) is 5.02 Å². The van der Waals surface area contributed by atoms with Crippen LogP contribution in [0.25, 0.3) is 10.9 Å². The maximum atomic E-state index is 10.5. The molecule has 0 atom stereocenters. The molecule has 0 bridgehead atoms. The van der Waals surface area contributed by atoms with Crippen molar-refractivity contribution in [1.82, 2.24) is 4.98 Å². The number of hydrogen-bond donors (Lipinski definition) is 1. The van der Waals surface area contributed by atoms with Crippen LogP contribution >= 0.6 is 11.6 Å². The fourth-order valence-electron chi connectivity index (χ4n) is 1.38. The van der Waals surface area contributed by atoms with Crippen LogP contribution in [0.15, 0.2) is 18.2 Å². The smallest absolute Gasteiger partial charge is 0.166 e. The molecule has 1 aromatic heterocycles. The molecular formula is C10H8ClNO2. The number of methoxy groups -OCH3 is 1. The lowest BCUT2D eigenvalue weighted by molar-refractivity contribution is 0.112. The molecule has 1 N–H and O–H groups in total. The molecule has 3 nitrogen and oxygen atoms in total. The maximum absolute atomic E-state index is 10.5. The first-order valence-corrected chi connectivity index (χ1v) is 4.44. The number of aldehydes is 1. The lowest BCUT2D eigenvalue weighted by Crippen LogP contribution is -1.82. The minimum absolute atomic E-state index is 0.509. The number of hydrogen-bond acceptors (Lipinski definition) is 2. The Balaban J connectivity index is 2.73. The Labute approximate surface area is 85.6 Å². The maximum Gasteiger partial charge on any atom is 0.166 e. The number of rotatable bonds is 2. The van der Waals surface area contributed by atoms with Gasteiger partial charge in [-0.3, -0.25) is 4.79 Å². The molecule has 0 saturated heterocycles. The van der Waals surface area contributed by atoms with Crippen LogP contribution < -0.4 is 4.74 Å². The number of fused-ring (bicyclic) bond motifs is 1. The quantitative estimate of drug-likeness (QED) is 0.773. The minimum atomic E-state index is 0.509. The van der Waals surface area contributed by atoms with Gasteiger partial charge in [0.25, 0.3) is 0 Å². The molecule has 1 aromatic carbocycles. The van der Waals surface area contributed by atoms with Crippen molar-refractivity contribution >= 4 is 28.8 Å². The van der Waals surface area contributed by atoms with Crippen LogP contribution in [-0.2, 0) is 0 Å². The second-order valence-electron chi connectivity index (χ2n) is 2.92. The zero-order valence-electron chi connectivity index (χ0n) is 7.50. The van der Waals surface area contributed by atoms with E-state index in [9.17, 15) is 4.79 Å². The van der Waals surface area contributed by atoms with Crippen molar-refractivity contribution in [1.29, 1.82) is 0 Å². The van der Waals surface area contributed by atoms with Crippen molar-refractivity contribution < 1.29 is 9.53 Å². The largest absolute Gasteiger partial charge is 0.497 e. The summed E-state index contributed by atoms with van der Waals surface area (Å²) in [6.07, 6.45) is 0.753. The standard InChI is InChI=1S/C10H8ClNO2/c1-14-8-3-6-2-7(5-13)12-10(6)9(11)4-8/h2-5,12H,1H3. The van der Waals surface area contributed by atoms with Crippen LogP contribution in [-0.4, -0.2) is 18.4 Å². The van der Waals surface area contributed by atoms with Gasteiger partial charge in [-0.2, -0.15) is 0 Å². The summed E-state index contributed by atoms with van der Waals surface area (Å²) in [6, 6.07) is 5.26. The van der Waals surface area contributed by atoms with Crippen molar-refractivity contribution in [3.05, 3.63) is 28.9 Å². The number of H-pyrrole nitrogens is 1. The van der Waals surface area contributed by atoms with Crippen LogP contribution in [0.3, 0.4) is 0 Å². The number of carbonyl (C=O) groups is 1. The monoisotopic (exact) mass is 209 g/mol. The van der Waals surface area contributed by atoms with Crippen molar-refractivity contribution in [3.8, 4) is 5.75 Å². The molecule has 0 aliphatic carbocycles. The third kappa shape index (κ3) is 1.36. The van der Waals surface area contributed by atoms with Gasteiger partial charge in [0, 0.05) is 11.5 Å². The Morgan fingerprint density at radius 3 is 2.86 bits per heavy atom. The minimum Gasteiger partial charge on any atom is -0.497 e. The highest BCUT2D eigenvalue weighted by molar-refractivity contribution is 6.35. The van der Waals surface area contributed by atoms with Crippen LogP contribution in [0.5, 0.6) is 5.75 Å². The number of aromatic amines is 1. The first kappa shape index (κ1) is 9.09. The molecule has 1 heterocycles. The van der Waals surface area contributed by atoms with E-state index < -0.39 is 0 Å². The molecule has 0 aliphatic rings.